The Morgan fingerprint density at radius 2 is 1.88 bits per heavy atom. The molecular formula is C14H17N3. The second kappa shape index (κ2) is 5.43. The number of hydrogen-bond acceptors (Lipinski definition) is 3. The maximum absolute atomic E-state index is 4.56. The summed E-state index contributed by atoms with van der Waals surface area (Å²) >= 11 is 0. The van der Waals surface area contributed by atoms with E-state index in [1.807, 2.05) is 43.6 Å². The molecule has 0 bridgehead atoms. The third-order valence-corrected chi connectivity index (χ3v) is 2.65. The van der Waals surface area contributed by atoms with Crippen LogP contribution in [-0.4, -0.2) is 17.0 Å². The van der Waals surface area contributed by atoms with E-state index in [4.69, 9.17) is 0 Å². The van der Waals surface area contributed by atoms with Gasteiger partial charge in [-0.2, -0.15) is 0 Å². The highest BCUT2D eigenvalue weighted by Gasteiger charge is 2.02. The Bertz CT molecular complexity index is 477. The first-order chi connectivity index (χ1) is 8.33. The molecule has 2 rings (SSSR count). The summed E-state index contributed by atoms with van der Waals surface area (Å²) in [5.41, 5.74) is 3.26. The van der Waals surface area contributed by atoms with Gasteiger partial charge >= 0.3 is 0 Å². The first-order valence-corrected chi connectivity index (χ1v) is 5.93. The van der Waals surface area contributed by atoms with Gasteiger partial charge in [0.05, 0.1) is 0 Å². The standard InChI is InChI=1S/C14H17N3/c1-3-4-13-9-10-16-14(17-13)11-5-7-12(15-2)8-6-11/h5-10,15H,3-4H2,1-2H3. The lowest BCUT2D eigenvalue weighted by atomic mass is 10.2. The zero-order chi connectivity index (χ0) is 12.1. The van der Waals surface area contributed by atoms with E-state index in [1.54, 1.807) is 0 Å². The van der Waals surface area contributed by atoms with Crippen molar-refractivity contribution in [2.45, 2.75) is 19.8 Å². The number of rotatable bonds is 4. The Morgan fingerprint density at radius 3 is 2.53 bits per heavy atom. The van der Waals surface area contributed by atoms with Crippen LogP contribution in [0.3, 0.4) is 0 Å². The molecule has 3 heteroatoms. The number of anilines is 1. The predicted octanol–water partition coefficient (Wildman–Crippen LogP) is 3.14. The fraction of sp³-hybridized carbons (Fsp3) is 0.286. The van der Waals surface area contributed by atoms with Crippen molar-refractivity contribution < 1.29 is 0 Å². The van der Waals surface area contributed by atoms with Crippen molar-refractivity contribution >= 4 is 5.69 Å². The van der Waals surface area contributed by atoms with Crippen molar-refractivity contribution in [1.82, 2.24) is 9.97 Å². The molecule has 1 aromatic heterocycles. The summed E-state index contributed by atoms with van der Waals surface area (Å²) in [6, 6.07) is 10.1. The van der Waals surface area contributed by atoms with Crippen molar-refractivity contribution in [1.29, 1.82) is 0 Å². The van der Waals surface area contributed by atoms with Crippen LogP contribution < -0.4 is 5.32 Å². The zero-order valence-corrected chi connectivity index (χ0v) is 10.3. The second-order valence-electron chi connectivity index (χ2n) is 3.95. The summed E-state index contributed by atoms with van der Waals surface area (Å²) in [5.74, 6) is 0.804. The van der Waals surface area contributed by atoms with Crippen LogP contribution >= 0.6 is 0 Å². The normalized spacial score (nSPS) is 10.2. The average Bonchev–Trinajstić information content (AvgIpc) is 2.40. The van der Waals surface area contributed by atoms with Crippen LogP contribution in [0.25, 0.3) is 11.4 Å². The summed E-state index contributed by atoms with van der Waals surface area (Å²) < 4.78 is 0. The Hall–Kier alpha value is -1.90. The maximum Gasteiger partial charge on any atom is 0.159 e. The zero-order valence-electron chi connectivity index (χ0n) is 10.3. The Labute approximate surface area is 102 Å². The van der Waals surface area contributed by atoms with Crippen molar-refractivity contribution in [3.8, 4) is 11.4 Å². The molecule has 0 aliphatic carbocycles. The molecule has 0 aliphatic heterocycles. The molecule has 0 spiro atoms. The van der Waals surface area contributed by atoms with Crippen molar-refractivity contribution in [2.24, 2.45) is 0 Å². The van der Waals surface area contributed by atoms with E-state index in [0.29, 0.717) is 0 Å². The van der Waals surface area contributed by atoms with Gasteiger partial charge in [-0.25, -0.2) is 9.97 Å². The molecule has 0 saturated heterocycles. The van der Waals surface area contributed by atoms with Crippen molar-refractivity contribution in [2.75, 3.05) is 12.4 Å². The minimum Gasteiger partial charge on any atom is -0.388 e. The van der Waals surface area contributed by atoms with Crippen molar-refractivity contribution in [3.63, 3.8) is 0 Å². The van der Waals surface area contributed by atoms with Gasteiger partial charge in [0.25, 0.3) is 0 Å². The molecule has 0 aliphatic rings. The Balaban J connectivity index is 2.28. The number of nitrogens with zero attached hydrogens (tertiary/aromatic N) is 2. The molecule has 1 heterocycles. The first-order valence-electron chi connectivity index (χ1n) is 5.93. The van der Waals surface area contributed by atoms with Gasteiger partial charge in [-0.05, 0) is 36.8 Å². The summed E-state index contributed by atoms with van der Waals surface area (Å²) in [4.78, 5) is 8.87. The van der Waals surface area contributed by atoms with Crippen LogP contribution in [-0.2, 0) is 6.42 Å². The molecular weight excluding hydrogens is 210 g/mol. The van der Waals surface area contributed by atoms with Crippen molar-refractivity contribution in [3.05, 3.63) is 42.2 Å². The lowest BCUT2D eigenvalue weighted by Gasteiger charge is -2.04. The van der Waals surface area contributed by atoms with Gasteiger partial charge < -0.3 is 5.32 Å². The van der Waals surface area contributed by atoms with Crippen LogP contribution in [0.2, 0.25) is 0 Å². The predicted molar refractivity (Wildman–Crippen MR) is 71.0 cm³/mol. The van der Waals surface area contributed by atoms with Gasteiger partial charge in [-0.1, -0.05) is 13.3 Å². The second-order valence-corrected chi connectivity index (χ2v) is 3.95. The van der Waals surface area contributed by atoms with Gasteiger partial charge in [-0.3, -0.25) is 0 Å². The number of aromatic nitrogens is 2. The fourth-order valence-electron chi connectivity index (χ4n) is 1.72. The molecule has 17 heavy (non-hydrogen) atoms. The van der Waals surface area contributed by atoms with Crippen LogP contribution in [0.15, 0.2) is 36.5 Å². The largest absolute Gasteiger partial charge is 0.388 e. The molecule has 3 nitrogen and oxygen atoms in total. The first kappa shape index (κ1) is 11.6. The number of hydrogen-bond donors (Lipinski definition) is 1. The summed E-state index contributed by atoms with van der Waals surface area (Å²) in [6.45, 7) is 2.16. The smallest absolute Gasteiger partial charge is 0.159 e. The van der Waals surface area contributed by atoms with Crippen LogP contribution in [0.5, 0.6) is 0 Å². The molecule has 88 valence electrons. The molecule has 1 N–H and O–H groups in total. The summed E-state index contributed by atoms with van der Waals surface area (Å²) in [5, 5.41) is 3.10. The fourth-order valence-corrected chi connectivity index (χ4v) is 1.72. The average molecular weight is 227 g/mol. The lowest BCUT2D eigenvalue weighted by molar-refractivity contribution is 0.875. The third kappa shape index (κ3) is 2.81. The molecule has 1 aromatic carbocycles. The van der Waals surface area contributed by atoms with Gasteiger partial charge in [0.15, 0.2) is 5.82 Å². The minimum atomic E-state index is 0.804. The summed E-state index contributed by atoms with van der Waals surface area (Å²) in [6.07, 6.45) is 3.94. The number of benzene rings is 1. The molecule has 0 amide bonds. The highest BCUT2D eigenvalue weighted by molar-refractivity contribution is 5.59. The molecule has 0 unspecified atom stereocenters. The van der Waals surface area contributed by atoms with E-state index in [9.17, 15) is 0 Å². The molecule has 2 aromatic rings. The highest BCUT2D eigenvalue weighted by Crippen LogP contribution is 2.17. The number of aryl methyl sites for hydroxylation is 1. The monoisotopic (exact) mass is 227 g/mol. The Morgan fingerprint density at radius 1 is 1.12 bits per heavy atom. The molecule has 0 fully saturated rings. The Kier molecular flexibility index (Phi) is 3.70. The SMILES string of the molecule is CCCc1ccnc(-c2ccc(NC)cc2)n1. The van der Waals surface area contributed by atoms with Gasteiger partial charge in [0.1, 0.15) is 0 Å². The summed E-state index contributed by atoms with van der Waals surface area (Å²) in [7, 11) is 1.91. The highest BCUT2D eigenvalue weighted by atomic mass is 14.9. The van der Waals surface area contributed by atoms with E-state index in [2.05, 4.69) is 22.2 Å². The topological polar surface area (TPSA) is 37.8 Å². The van der Waals surface area contributed by atoms with E-state index in [1.165, 1.54) is 0 Å². The minimum absolute atomic E-state index is 0.804. The molecule has 0 atom stereocenters. The third-order valence-electron chi connectivity index (χ3n) is 2.65. The quantitative estimate of drug-likeness (QED) is 0.872. The van der Waals surface area contributed by atoms with Gasteiger partial charge in [0.2, 0.25) is 0 Å². The lowest BCUT2D eigenvalue weighted by Crippen LogP contribution is -1.95. The van der Waals surface area contributed by atoms with Crippen LogP contribution in [0.1, 0.15) is 19.0 Å². The number of nitrogens with one attached hydrogen (secondary N) is 1. The molecule has 0 radical (unpaired) electrons. The van der Waals surface area contributed by atoms with E-state index < -0.39 is 0 Å². The van der Waals surface area contributed by atoms with Crippen LogP contribution in [0.4, 0.5) is 5.69 Å². The van der Waals surface area contributed by atoms with E-state index in [-0.39, 0.29) is 0 Å². The van der Waals surface area contributed by atoms with Gasteiger partial charge in [0, 0.05) is 30.2 Å². The molecule has 0 saturated carbocycles. The van der Waals surface area contributed by atoms with E-state index in [0.717, 1.165) is 35.6 Å². The van der Waals surface area contributed by atoms with E-state index >= 15 is 0 Å². The van der Waals surface area contributed by atoms with Gasteiger partial charge in [-0.15, -0.1) is 0 Å². The maximum atomic E-state index is 4.56. The van der Waals surface area contributed by atoms with Crippen LogP contribution in [0, 0.1) is 0 Å².